The van der Waals surface area contributed by atoms with Crippen molar-refractivity contribution in [3.63, 3.8) is 0 Å². The van der Waals surface area contributed by atoms with Crippen molar-refractivity contribution in [1.82, 2.24) is 0 Å². The van der Waals surface area contributed by atoms with Crippen LogP contribution in [0.2, 0.25) is 0 Å². The van der Waals surface area contributed by atoms with Gasteiger partial charge in [0.05, 0.1) is 19.8 Å². The van der Waals surface area contributed by atoms with Crippen LogP contribution >= 0.6 is 0 Å². The van der Waals surface area contributed by atoms with Gasteiger partial charge in [0, 0.05) is 5.92 Å². The van der Waals surface area contributed by atoms with Gasteiger partial charge in [-0.05, 0) is 44.7 Å². The molecule has 6 nitrogen and oxygen atoms in total. The fraction of sp³-hybridized carbons (Fsp3) is 0.526. The molecule has 6 heteroatoms. The smallest absolute Gasteiger partial charge is 0.335 e. The summed E-state index contributed by atoms with van der Waals surface area (Å²) in [5.74, 6) is -3.39. The van der Waals surface area contributed by atoms with Crippen LogP contribution in [0, 0.1) is 5.41 Å². The zero-order chi connectivity index (χ0) is 18.4. The Balaban J connectivity index is 2.62. The van der Waals surface area contributed by atoms with Crippen LogP contribution in [0.25, 0.3) is 0 Å². The molecule has 0 unspecified atom stereocenters. The molecule has 0 radical (unpaired) electrons. The van der Waals surface area contributed by atoms with E-state index in [0.29, 0.717) is 12.8 Å². The van der Waals surface area contributed by atoms with Crippen LogP contribution in [-0.2, 0) is 35.0 Å². The van der Waals surface area contributed by atoms with Gasteiger partial charge in [0.1, 0.15) is 0 Å². The highest BCUT2D eigenvalue weighted by atomic mass is 16.6. The van der Waals surface area contributed by atoms with Gasteiger partial charge in [0.15, 0.2) is 0 Å². The van der Waals surface area contributed by atoms with Gasteiger partial charge in [-0.3, -0.25) is 14.4 Å². The van der Waals surface area contributed by atoms with Crippen molar-refractivity contribution in [2.45, 2.75) is 39.5 Å². The van der Waals surface area contributed by atoms with Gasteiger partial charge < -0.3 is 14.2 Å². The number of aryl methyl sites for hydroxylation is 1. The number of benzene rings is 1. The van der Waals surface area contributed by atoms with E-state index in [1.165, 1.54) is 0 Å². The van der Waals surface area contributed by atoms with E-state index in [-0.39, 0.29) is 19.8 Å². The summed E-state index contributed by atoms with van der Waals surface area (Å²) in [6, 6.07) is 7.48. The first-order valence-corrected chi connectivity index (χ1v) is 8.63. The number of hydrogen-bond acceptors (Lipinski definition) is 6. The molecular formula is C19H24O6. The maximum absolute atomic E-state index is 12.9. The Morgan fingerprint density at radius 3 is 1.88 bits per heavy atom. The quantitative estimate of drug-likeness (QED) is 0.428. The molecule has 1 aromatic carbocycles. The average Bonchev–Trinajstić information content (AvgIpc) is 3.01. The summed E-state index contributed by atoms with van der Waals surface area (Å²) in [5.41, 5.74) is -0.333. The van der Waals surface area contributed by atoms with E-state index in [0.717, 1.165) is 11.1 Å². The molecule has 0 heterocycles. The highest BCUT2D eigenvalue weighted by Gasteiger charge is 2.63. The van der Waals surface area contributed by atoms with E-state index >= 15 is 0 Å². The molecule has 1 aliphatic rings. The molecule has 0 saturated heterocycles. The molecule has 1 atom stereocenters. The Morgan fingerprint density at radius 1 is 0.920 bits per heavy atom. The molecule has 0 aromatic heterocycles. The molecule has 0 saturated carbocycles. The third kappa shape index (κ3) is 3.25. The second kappa shape index (κ2) is 8.14. The molecule has 25 heavy (non-hydrogen) atoms. The lowest BCUT2D eigenvalue weighted by molar-refractivity contribution is -0.186. The lowest BCUT2D eigenvalue weighted by Gasteiger charge is -2.32. The number of carbonyl (C=O) groups excluding carboxylic acids is 3. The van der Waals surface area contributed by atoms with E-state index < -0.39 is 29.2 Å². The van der Waals surface area contributed by atoms with Crippen LogP contribution in [0.4, 0.5) is 0 Å². The molecule has 0 bridgehead atoms. The van der Waals surface area contributed by atoms with Crippen molar-refractivity contribution in [3.05, 3.63) is 35.4 Å². The fourth-order valence-corrected chi connectivity index (χ4v) is 3.42. The van der Waals surface area contributed by atoms with Crippen LogP contribution in [0.1, 0.15) is 44.2 Å². The van der Waals surface area contributed by atoms with Crippen molar-refractivity contribution in [1.29, 1.82) is 0 Å². The molecule has 136 valence electrons. The molecule has 0 amide bonds. The second-order valence-corrected chi connectivity index (χ2v) is 5.76. The summed E-state index contributed by atoms with van der Waals surface area (Å²) in [7, 11) is 0. The zero-order valence-corrected chi connectivity index (χ0v) is 14.9. The molecule has 0 spiro atoms. The second-order valence-electron chi connectivity index (χ2n) is 5.76. The summed E-state index contributed by atoms with van der Waals surface area (Å²) in [5, 5.41) is 0. The van der Waals surface area contributed by atoms with Crippen molar-refractivity contribution < 1.29 is 28.6 Å². The van der Waals surface area contributed by atoms with Crippen molar-refractivity contribution in [2.75, 3.05) is 19.8 Å². The summed E-state index contributed by atoms with van der Waals surface area (Å²) in [6.07, 6.45) is 1.14. The predicted octanol–water partition coefficient (Wildman–Crippen LogP) is 2.39. The molecule has 0 aliphatic heterocycles. The van der Waals surface area contributed by atoms with Crippen LogP contribution in [-0.4, -0.2) is 37.7 Å². The van der Waals surface area contributed by atoms with Crippen LogP contribution in [0.3, 0.4) is 0 Å². The van der Waals surface area contributed by atoms with E-state index in [4.69, 9.17) is 14.2 Å². The highest BCUT2D eigenvalue weighted by Crippen LogP contribution is 2.48. The van der Waals surface area contributed by atoms with Gasteiger partial charge in [-0.15, -0.1) is 0 Å². The van der Waals surface area contributed by atoms with Crippen LogP contribution in [0.15, 0.2) is 24.3 Å². The summed E-state index contributed by atoms with van der Waals surface area (Å²) >= 11 is 0. The summed E-state index contributed by atoms with van der Waals surface area (Å²) in [4.78, 5) is 38.6. The topological polar surface area (TPSA) is 78.9 Å². The maximum Gasteiger partial charge on any atom is 0.335 e. The third-order valence-corrected chi connectivity index (χ3v) is 4.45. The maximum atomic E-state index is 12.9. The van der Waals surface area contributed by atoms with Gasteiger partial charge in [0.2, 0.25) is 0 Å². The molecule has 0 fully saturated rings. The largest absolute Gasteiger partial charge is 0.465 e. The van der Waals surface area contributed by atoms with Crippen molar-refractivity contribution >= 4 is 17.9 Å². The predicted molar refractivity (Wildman–Crippen MR) is 89.8 cm³/mol. The molecular weight excluding hydrogens is 324 g/mol. The van der Waals surface area contributed by atoms with Gasteiger partial charge in [0.25, 0.3) is 5.41 Å². The Morgan fingerprint density at radius 2 is 1.40 bits per heavy atom. The van der Waals surface area contributed by atoms with Crippen LogP contribution < -0.4 is 0 Å². The molecule has 1 aromatic rings. The Kier molecular flexibility index (Phi) is 6.17. The zero-order valence-electron chi connectivity index (χ0n) is 14.9. The van der Waals surface area contributed by atoms with E-state index in [1.54, 1.807) is 20.8 Å². The SMILES string of the molecule is CCOC(=O)C(C(=O)OCC)(C(=O)OCC)[C@@H]1CCc2ccccc21. The first-order valence-electron chi connectivity index (χ1n) is 8.63. The number of fused-ring (bicyclic) bond motifs is 1. The van der Waals surface area contributed by atoms with Crippen molar-refractivity contribution in [2.24, 2.45) is 5.41 Å². The lowest BCUT2D eigenvalue weighted by Crippen LogP contribution is -2.53. The van der Waals surface area contributed by atoms with Crippen molar-refractivity contribution in [3.8, 4) is 0 Å². The summed E-state index contributed by atoms with van der Waals surface area (Å²) < 4.78 is 15.4. The standard InChI is InChI=1S/C19H24O6/c1-4-23-16(20)19(17(21)24-5-2,18(22)25-6-3)15-12-11-13-9-7-8-10-14(13)15/h7-10,15H,4-6,11-12H2,1-3H3/t15-/m1/s1. The number of carbonyl (C=O) groups is 3. The minimum Gasteiger partial charge on any atom is -0.465 e. The number of ether oxygens (including phenoxy) is 3. The minimum absolute atomic E-state index is 0.0494. The summed E-state index contributed by atoms with van der Waals surface area (Å²) in [6.45, 7) is 5.03. The fourth-order valence-electron chi connectivity index (χ4n) is 3.42. The normalized spacial score (nSPS) is 16.0. The first-order chi connectivity index (χ1) is 12.0. The lowest BCUT2D eigenvalue weighted by atomic mass is 9.72. The van der Waals surface area contributed by atoms with E-state index in [2.05, 4.69) is 0 Å². The van der Waals surface area contributed by atoms with Gasteiger partial charge in [-0.25, -0.2) is 0 Å². The molecule has 2 rings (SSSR count). The number of rotatable bonds is 7. The average molecular weight is 348 g/mol. The Hall–Kier alpha value is -2.37. The monoisotopic (exact) mass is 348 g/mol. The minimum atomic E-state index is -2.13. The van der Waals surface area contributed by atoms with E-state index in [9.17, 15) is 14.4 Å². The van der Waals surface area contributed by atoms with Gasteiger partial charge in [-0.2, -0.15) is 0 Å². The third-order valence-electron chi connectivity index (χ3n) is 4.45. The molecule has 0 N–H and O–H groups in total. The first kappa shape index (κ1) is 19.0. The molecule has 1 aliphatic carbocycles. The Bertz CT molecular complexity index is 606. The van der Waals surface area contributed by atoms with Gasteiger partial charge in [-0.1, -0.05) is 24.3 Å². The Labute approximate surface area is 147 Å². The van der Waals surface area contributed by atoms with Gasteiger partial charge >= 0.3 is 17.9 Å². The highest BCUT2D eigenvalue weighted by molar-refractivity contribution is 6.19. The number of hydrogen-bond donors (Lipinski definition) is 0. The van der Waals surface area contributed by atoms with E-state index in [1.807, 2.05) is 24.3 Å². The number of esters is 3. The van der Waals surface area contributed by atoms with Crippen LogP contribution in [0.5, 0.6) is 0 Å².